The van der Waals surface area contributed by atoms with Crippen molar-refractivity contribution < 1.29 is 24.2 Å². The monoisotopic (exact) mass is 611 g/mol. The van der Waals surface area contributed by atoms with Crippen LogP contribution >= 0.6 is 0 Å². The number of carbonyl (C=O) groups is 3. The molecule has 0 rings (SSSR count). The zero-order chi connectivity index (χ0) is 32.4. The van der Waals surface area contributed by atoms with E-state index < -0.39 is 5.97 Å². The number of amides is 1. The second-order valence-corrected chi connectivity index (χ2v) is 11.0. The summed E-state index contributed by atoms with van der Waals surface area (Å²) in [5, 5.41) is 11.0. The minimum Gasteiger partial charge on any atom is -0.480 e. The highest BCUT2D eigenvalue weighted by atomic mass is 16.5. The largest absolute Gasteiger partial charge is 0.480 e. The third kappa shape index (κ3) is 31.8. The predicted molar refractivity (Wildman–Crippen MR) is 184 cm³/mol. The summed E-state index contributed by atoms with van der Waals surface area (Å²) < 4.78 is 5.81. The lowest BCUT2D eigenvalue weighted by Gasteiger charge is -2.14. The van der Waals surface area contributed by atoms with Crippen LogP contribution in [0.4, 0.5) is 0 Å². The van der Waals surface area contributed by atoms with E-state index in [1.165, 1.54) is 0 Å². The number of aliphatic carboxylic acids is 1. The summed E-state index contributed by atoms with van der Waals surface area (Å²) in [4.78, 5) is 34.7. The molecular weight excluding hydrogens is 550 g/mol. The molecule has 0 heterocycles. The number of allylic oxidation sites excluding steroid dienone is 11. The van der Waals surface area contributed by atoms with Crippen molar-refractivity contribution in [3.8, 4) is 0 Å². The molecule has 0 aromatic rings. The lowest BCUT2D eigenvalue weighted by molar-refractivity contribution is -0.147. The van der Waals surface area contributed by atoms with E-state index >= 15 is 0 Å². The van der Waals surface area contributed by atoms with Crippen LogP contribution in [-0.4, -0.2) is 35.6 Å². The van der Waals surface area contributed by atoms with E-state index in [9.17, 15) is 14.4 Å². The lowest BCUT2D eigenvalue weighted by atomic mass is 10.1. The van der Waals surface area contributed by atoms with Gasteiger partial charge in [-0.15, -0.1) is 0 Å². The van der Waals surface area contributed by atoms with E-state index in [4.69, 9.17) is 9.84 Å². The van der Waals surface area contributed by atoms with Crippen molar-refractivity contribution in [3.63, 3.8) is 0 Å². The Kier molecular flexibility index (Phi) is 30.4. The van der Waals surface area contributed by atoms with E-state index in [1.54, 1.807) is 0 Å². The molecular formula is C38H61NO5. The summed E-state index contributed by atoms with van der Waals surface area (Å²) in [7, 11) is 0. The molecule has 0 fully saturated rings. The fourth-order valence-electron chi connectivity index (χ4n) is 4.34. The Bertz CT molecular complexity index is 897. The van der Waals surface area contributed by atoms with E-state index in [-0.39, 0.29) is 24.5 Å². The van der Waals surface area contributed by atoms with Gasteiger partial charge in [-0.2, -0.15) is 0 Å². The van der Waals surface area contributed by atoms with Gasteiger partial charge in [0.2, 0.25) is 5.91 Å². The molecule has 0 aliphatic carbocycles. The molecule has 44 heavy (non-hydrogen) atoms. The Morgan fingerprint density at radius 2 is 1.18 bits per heavy atom. The van der Waals surface area contributed by atoms with Gasteiger partial charge in [0.1, 0.15) is 12.6 Å². The first-order valence-electron chi connectivity index (χ1n) is 17.1. The first-order valence-corrected chi connectivity index (χ1v) is 17.1. The van der Waals surface area contributed by atoms with Crippen LogP contribution in [-0.2, 0) is 19.1 Å². The fraction of sp³-hybridized carbons (Fsp3) is 0.605. The van der Waals surface area contributed by atoms with Crippen molar-refractivity contribution in [2.24, 2.45) is 0 Å². The summed E-state index contributed by atoms with van der Waals surface area (Å²) in [6.07, 6.45) is 43.3. The third-order valence-corrected chi connectivity index (χ3v) is 6.83. The van der Waals surface area contributed by atoms with Gasteiger partial charge in [0, 0.05) is 12.8 Å². The van der Waals surface area contributed by atoms with Gasteiger partial charge >= 0.3 is 11.9 Å². The predicted octanol–water partition coefficient (Wildman–Crippen LogP) is 9.89. The smallest absolute Gasteiger partial charge is 0.322 e. The second-order valence-electron chi connectivity index (χ2n) is 11.0. The average Bonchev–Trinajstić information content (AvgIpc) is 3.00. The number of carboxylic acids is 1. The van der Waals surface area contributed by atoms with Crippen LogP contribution < -0.4 is 5.32 Å². The molecule has 0 aliphatic heterocycles. The van der Waals surface area contributed by atoms with Crippen molar-refractivity contribution in [2.45, 2.75) is 142 Å². The topological polar surface area (TPSA) is 92.7 Å². The summed E-state index contributed by atoms with van der Waals surface area (Å²) in [5.74, 6) is -1.39. The van der Waals surface area contributed by atoms with Gasteiger partial charge in [-0.3, -0.25) is 14.4 Å². The van der Waals surface area contributed by atoms with E-state index in [1.807, 2.05) is 6.08 Å². The molecule has 1 atom stereocenters. The highest BCUT2D eigenvalue weighted by Crippen LogP contribution is 2.14. The number of carboxylic acid groups (broad SMARTS) is 1. The quantitative estimate of drug-likeness (QED) is 0.0499. The highest BCUT2D eigenvalue weighted by Gasteiger charge is 2.11. The van der Waals surface area contributed by atoms with Crippen LogP contribution in [0.2, 0.25) is 0 Å². The van der Waals surface area contributed by atoms with Crippen LogP contribution in [0, 0.1) is 0 Å². The first-order chi connectivity index (χ1) is 21.5. The number of esters is 1. The number of carbonyl (C=O) groups excluding carboxylic acids is 2. The maximum atomic E-state index is 12.5. The van der Waals surface area contributed by atoms with Gasteiger partial charge in [0.05, 0.1) is 0 Å². The number of unbranched alkanes of at least 4 members (excludes halogenated alkanes) is 8. The Morgan fingerprint density at radius 3 is 1.82 bits per heavy atom. The molecule has 6 nitrogen and oxygen atoms in total. The minimum atomic E-state index is -1.04. The zero-order valence-electron chi connectivity index (χ0n) is 27.7. The maximum absolute atomic E-state index is 12.5. The minimum absolute atomic E-state index is 0.129. The molecule has 0 saturated heterocycles. The van der Waals surface area contributed by atoms with Crippen LogP contribution in [0.1, 0.15) is 136 Å². The van der Waals surface area contributed by atoms with Gasteiger partial charge in [-0.05, 0) is 83.1 Å². The number of hydrogen-bond acceptors (Lipinski definition) is 4. The molecule has 6 heteroatoms. The third-order valence-electron chi connectivity index (χ3n) is 6.83. The number of rotatable bonds is 29. The molecule has 0 aromatic carbocycles. The van der Waals surface area contributed by atoms with Crippen LogP contribution in [0.5, 0.6) is 0 Å². The molecule has 0 aromatic heterocycles. The highest BCUT2D eigenvalue weighted by molar-refractivity contribution is 5.80. The molecule has 1 unspecified atom stereocenters. The van der Waals surface area contributed by atoms with Crippen molar-refractivity contribution in [2.75, 3.05) is 6.54 Å². The standard InChI is InChI=1S/C38H61NO5/c1-3-5-7-9-11-12-13-14-15-16-17-18-19-20-21-23-29-33-38(43)44-35(30-26-22-10-8-6-4-2)31-27-24-25-28-32-36(40)39-34-37(41)42/h5,7-8,10-12,14-15,17-18,26,30,35H,3-4,6,9,13,16,19-25,27-29,31-34H2,1-2H3,(H,39,40)(H,41,42)/b7-5-,10-8-,12-11-,15-14-,18-17-,30-26-. The van der Waals surface area contributed by atoms with Crippen LogP contribution in [0.25, 0.3) is 0 Å². The summed E-state index contributed by atoms with van der Waals surface area (Å²) in [5.41, 5.74) is 0. The van der Waals surface area contributed by atoms with Crippen molar-refractivity contribution in [1.29, 1.82) is 0 Å². The van der Waals surface area contributed by atoms with Gasteiger partial charge < -0.3 is 15.2 Å². The number of ether oxygens (including phenoxy) is 1. The Morgan fingerprint density at radius 1 is 0.636 bits per heavy atom. The molecule has 0 aliphatic rings. The fourth-order valence-corrected chi connectivity index (χ4v) is 4.34. The van der Waals surface area contributed by atoms with Crippen molar-refractivity contribution in [3.05, 3.63) is 72.9 Å². The van der Waals surface area contributed by atoms with Gasteiger partial charge in [-0.25, -0.2) is 0 Å². The molecule has 0 bridgehead atoms. The summed E-state index contributed by atoms with van der Waals surface area (Å²) in [6, 6.07) is 0. The molecule has 0 saturated carbocycles. The Hall–Kier alpha value is -3.15. The Balaban J connectivity index is 4.16. The normalized spacial score (nSPS) is 13.0. The summed E-state index contributed by atoms with van der Waals surface area (Å²) >= 11 is 0. The number of hydrogen-bond donors (Lipinski definition) is 2. The zero-order valence-corrected chi connectivity index (χ0v) is 27.7. The SMILES string of the molecule is CC/C=C\C/C=C\C/C=C\C/C=C\CCCCCCC(=O)OC(/C=C\C/C=C\CCC)CCCCCCC(=O)NCC(=O)O. The van der Waals surface area contributed by atoms with Crippen molar-refractivity contribution >= 4 is 17.8 Å². The van der Waals surface area contributed by atoms with Crippen molar-refractivity contribution in [1.82, 2.24) is 5.32 Å². The lowest BCUT2D eigenvalue weighted by Crippen LogP contribution is -2.28. The second kappa shape index (κ2) is 32.8. The van der Waals surface area contributed by atoms with Crippen LogP contribution in [0.3, 0.4) is 0 Å². The van der Waals surface area contributed by atoms with E-state index in [0.29, 0.717) is 12.8 Å². The molecule has 0 radical (unpaired) electrons. The summed E-state index contributed by atoms with van der Waals surface area (Å²) in [6.45, 7) is 3.97. The molecule has 2 N–H and O–H groups in total. The van der Waals surface area contributed by atoms with E-state index in [2.05, 4.69) is 86.0 Å². The van der Waals surface area contributed by atoms with Gasteiger partial charge in [0.15, 0.2) is 0 Å². The number of nitrogens with one attached hydrogen (secondary N) is 1. The van der Waals surface area contributed by atoms with Gasteiger partial charge in [-0.1, -0.05) is 113 Å². The maximum Gasteiger partial charge on any atom is 0.322 e. The molecule has 248 valence electrons. The Labute approximate surface area is 268 Å². The first kappa shape index (κ1) is 40.9. The average molecular weight is 612 g/mol. The molecule has 1 amide bonds. The van der Waals surface area contributed by atoms with Gasteiger partial charge in [0.25, 0.3) is 0 Å². The van der Waals surface area contributed by atoms with E-state index in [0.717, 1.165) is 109 Å². The van der Waals surface area contributed by atoms with Crippen LogP contribution in [0.15, 0.2) is 72.9 Å². The molecule has 0 spiro atoms.